The minimum Gasteiger partial charge on any atom is -0.372 e. The van der Waals surface area contributed by atoms with Gasteiger partial charge >= 0.3 is 6.18 Å². The van der Waals surface area contributed by atoms with E-state index in [1.54, 1.807) is 18.5 Å². The third kappa shape index (κ3) is 3.14. The van der Waals surface area contributed by atoms with Crippen molar-refractivity contribution < 1.29 is 13.2 Å². The maximum absolute atomic E-state index is 13.0. The smallest absolute Gasteiger partial charge is 0.372 e. The van der Waals surface area contributed by atoms with E-state index in [2.05, 4.69) is 32.3 Å². The number of nitrogens with zero attached hydrogens (tertiary/aromatic N) is 3. The molecule has 2 fully saturated rings. The quantitative estimate of drug-likeness (QED) is 0.847. The van der Waals surface area contributed by atoms with Crippen molar-refractivity contribution in [2.24, 2.45) is 16.8 Å². The zero-order chi connectivity index (χ0) is 16.7. The van der Waals surface area contributed by atoms with E-state index < -0.39 is 18.0 Å². The van der Waals surface area contributed by atoms with Crippen LogP contribution in [0.3, 0.4) is 0 Å². The molecule has 0 radical (unpaired) electrons. The van der Waals surface area contributed by atoms with Crippen LogP contribution in [0.15, 0.2) is 17.3 Å². The summed E-state index contributed by atoms with van der Waals surface area (Å²) in [6, 6.07) is 1.69. The number of alkyl halides is 3. The predicted octanol–water partition coefficient (Wildman–Crippen LogP) is 2.88. The van der Waals surface area contributed by atoms with Crippen LogP contribution in [0.1, 0.15) is 42.1 Å². The second kappa shape index (κ2) is 5.62. The number of hydrogen-bond acceptors (Lipinski definition) is 4. The zero-order valence-corrected chi connectivity index (χ0v) is 12.8. The molecular weight excluding hydrogens is 317 g/mol. The maximum Gasteiger partial charge on any atom is 0.392 e. The molecule has 0 saturated heterocycles. The molecule has 0 bridgehead atoms. The predicted molar refractivity (Wildman–Crippen MR) is 83.0 cm³/mol. The molecule has 4 rings (SSSR count). The topological polar surface area (TPSA) is 50.2 Å². The number of aromatic nitrogens is 2. The van der Waals surface area contributed by atoms with Crippen molar-refractivity contribution in [1.82, 2.24) is 15.5 Å². The molecule has 4 nitrogen and oxygen atoms in total. The Balaban J connectivity index is 1.68. The molecule has 2 heterocycles. The van der Waals surface area contributed by atoms with Crippen molar-refractivity contribution in [3.8, 4) is 11.8 Å². The van der Waals surface area contributed by atoms with Crippen molar-refractivity contribution >= 4 is 11.8 Å². The molecule has 7 heteroatoms. The Morgan fingerprint density at radius 1 is 1.21 bits per heavy atom. The van der Waals surface area contributed by atoms with Gasteiger partial charge in [-0.15, -0.1) is 10.2 Å². The van der Waals surface area contributed by atoms with Crippen LogP contribution in [0.4, 0.5) is 13.2 Å². The Morgan fingerprint density at radius 2 is 2.04 bits per heavy atom. The molecule has 2 saturated carbocycles. The lowest BCUT2D eigenvalue weighted by Crippen LogP contribution is -2.14. The van der Waals surface area contributed by atoms with Gasteiger partial charge in [0.25, 0.3) is 0 Å². The molecule has 1 aromatic rings. The molecule has 3 aliphatic rings. The van der Waals surface area contributed by atoms with Crippen LogP contribution in [0.2, 0.25) is 0 Å². The minimum absolute atomic E-state index is 0.0954. The van der Waals surface area contributed by atoms with E-state index in [-0.39, 0.29) is 6.42 Å². The first kappa shape index (κ1) is 15.2. The van der Waals surface area contributed by atoms with Crippen molar-refractivity contribution in [1.29, 1.82) is 0 Å². The summed E-state index contributed by atoms with van der Waals surface area (Å²) in [4.78, 5) is 4.09. The molecule has 1 aliphatic heterocycles. The average Bonchev–Trinajstić information content (AvgIpc) is 3.46. The SMILES string of the molecule is FC(F)(F)[C@H]1C[C@@H]1c1cc(C2=CNCN=C2)nnc1C#CC1CC1. The van der Waals surface area contributed by atoms with Crippen LogP contribution in [0.5, 0.6) is 0 Å². The summed E-state index contributed by atoms with van der Waals surface area (Å²) in [5.74, 6) is 4.48. The number of nitrogens with one attached hydrogen (secondary N) is 1. The average molecular weight is 332 g/mol. The van der Waals surface area contributed by atoms with Gasteiger partial charge in [-0.3, -0.25) is 4.99 Å². The van der Waals surface area contributed by atoms with Crippen molar-refractivity contribution in [3.63, 3.8) is 0 Å². The third-order valence-corrected chi connectivity index (χ3v) is 4.37. The fourth-order valence-corrected chi connectivity index (χ4v) is 2.76. The molecule has 1 aromatic heterocycles. The van der Waals surface area contributed by atoms with E-state index in [1.807, 2.05) is 0 Å². The second-order valence-corrected chi connectivity index (χ2v) is 6.34. The van der Waals surface area contributed by atoms with Crippen molar-refractivity contribution in [2.75, 3.05) is 6.67 Å². The monoisotopic (exact) mass is 332 g/mol. The number of hydrogen-bond donors (Lipinski definition) is 1. The van der Waals surface area contributed by atoms with Crippen molar-refractivity contribution in [2.45, 2.75) is 31.4 Å². The highest BCUT2D eigenvalue weighted by Gasteiger charge is 2.56. The molecule has 124 valence electrons. The van der Waals surface area contributed by atoms with Crippen LogP contribution in [0, 0.1) is 23.7 Å². The second-order valence-electron chi connectivity index (χ2n) is 6.34. The zero-order valence-electron chi connectivity index (χ0n) is 12.8. The highest BCUT2D eigenvalue weighted by atomic mass is 19.4. The lowest BCUT2D eigenvalue weighted by molar-refractivity contribution is -0.148. The van der Waals surface area contributed by atoms with E-state index in [1.165, 1.54) is 0 Å². The number of halogens is 3. The van der Waals surface area contributed by atoms with Gasteiger partial charge in [0.1, 0.15) is 12.4 Å². The molecule has 2 atom stereocenters. The largest absolute Gasteiger partial charge is 0.392 e. The molecule has 0 spiro atoms. The fraction of sp³-hybridized carbons (Fsp3) is 0.471. The van der Waals surface area contributed by atoms with E-state index in [4.69, 9.17) is 0 Å². The lowest BCUT2D eigenvalue weighted by Gasteiger charge is -2.10. The summed E-state index contributed by atoms with van der Waals surface area (Å²) >= 11 is 0. The summed E-state index contributed by atoms with van der Waals surface area (Å²) in [6.45, 7) is 0.480. The molecule has 0 amide bonds. The minimum atomic E-state index is -4.18. The van der Waals surface area contributed by atoms with Gasteiger partial charge in [0, 0.05) is 23.9 Å². The third-order valence-electron chi connectivity index (χ3n) is 4.37. The van der Waals surface area contributed by atoms with Gasteiger partial charge in [0.15, 0.2) is 0 Å². The summed E-state index contributed by atoms with van der Waals surface area (Å²) in [6.07, 6.45) is 1.41. The normalized spacial score (nSPS) is 25.4. The van der Waals surface area contributed by atoms with Gasteiger partial charge in [-0.05, 0) is 42.7 Å². The summed E-state index contributed by atoms with van der Waals surface area (Å²) in [5.41, 5.74) is 2.16. The maximum atomic E-state index is 13.0. The lowest BCUT2D eigenvalue weighted by atomic mass is 10.0. The molecule has 0 aromatic carbocycles. The first-order valence-corrected chi connectivity index (χ1v) is 7.92. The Hall–Kier alpha value is -2.36. The number of aliphatic imine (C=N–C) groups is 1. The van der Waals surface area contributed by atoms with Gasteiger partial charge in [-0.1, -0.05) is 5.92 Å². The van der Waals surface area contributed by atoms with Crippen LogP contribution in [-0.4, -0.2) is 29.3 Å². The van der Waals surface area contributed by atoms with E-state index >= 15 is 0 Å². The first-order chi connectivity index (χ1) is 11.5. The number of rotatable bonds is 2. The van der Waals surface area contributed by atoms with Crippen molar-refractivity contribution in [3.05, 3.63) is 29.2 Å². The highest BCUT2D eigenvalue weighted by molar-refractivity contribution is 6.09. The first-order valence-electron chi connectivity index (χ1n) is 7.92. The van der Waals surface area contributed by atoms with Crippen LogP contribution in [-0.2, 0) is 0 Å². The Morgan fingerprint density at radius 3 is 2.67 bits per heavy atom. The highest BCUT2D eigenvalue weighted by Crippen LogP contribution is 2.56. The van der Waals surface area contributed by atoms with Crippen LogP contribution >= 0.6 is 0 Å². The van der Waals surface area contributed by atoms with E-state index in [0.29, 0.717) is 35.1 Å². The van der Waals surface area contributed by atoms with Crippen LogP contribution in [0.25, 0.3) is 5.57 Å². The van der Waals surface area contributed by atoms with Gasteiger partial charge in [0.05, 0.1) is 11.6 Å². The van der Waals surface area contributed by atoms with Gasteiger partial charge < -0.3 is 5.32 Å². The molecule has 1 N–H and O–H groups in total. The van der Waals surface area contributed by atoms with Gasteiger partial charge in [-0.25, -0.2) is 0 Å². The van der Waals surface area contributed by atoms with Gasteiger partial charge in [-0.2, -0.15) is 13.2 Å². The summed E-state index contributed by atoms with van der Waals surface area (Å²) in [5, 5.41) is 11.2. The molecule has 24 heavy (non-hydrogen) atoms. The standard InChI is InChI=1S/C17H15F3N4/c18-17(19,20)14-5-12(14)13-6-16(11-7-21-9-22-8-11)24-23-15(13)4-3-10-1-2-10/h6-8,10,12,14,21H,1-2,5,9H2/t12-,14+/m1/s1. The Labute approximate surface area is 137 Å². The number of allylic oxidation sites excluding steroid dienone is 1. The Bertz CT molecular complexity index is 781. The Kier molecular flexibility index (Phi) is 3.56. The van der Waals surface area contributed by atoms with Gasteiger partial charge in [0.2, 0.25) is 0 Å². The molecular formula is C17H15F3N4. The molecule has 0 unspecified atom stereocenters. The fourth-order valence-electron chi connectivity index (χ4n) is 2.76. The van der Waals surface area contributed by atoms with E-state index in [9.17, 15) is 13.2 Å². The summed E-state index contributed by atoms with van der Waals surface area (Å²) in [7, 11) is 0. The van der Waals surface area contributed by atoms with Crippen LogP contribution < -0.4 is 5.32 Å². The molecule has 2 aliphatic carbocycles. The summed E-state index contributed by atoms with van der Waals surface area (Å²) < 4.78 is 38.9. The van der Waals surface area contributed by atoms with E-state index in [0.717, 1.165) is 12.8 Å².